The molecule has 0 nitrogen and oxygen atoms in total. The van der Waals surface area contributed by atoms with E-state index in [0.29, 0.717) is 0 Å². The van der Waals surface area contributed by atoms with Crippen molar-refractivity contribution in [3.8, 4) is 0 Å². The molecule has 1 aliphatic carbocycles. The van der Waals surface area contributed by atoms with Crippen LogP contribution in [-0.4, -0.2) is 0 Å². The van der Waals surface area contributed by atoms with E-state index in [1.165, 1.54) is 180 Å². The summed E-state index contributed by atoms with van der Waals surface area (Å²) in [4.78, 5) is 0. The second-order valence-electron chi connectivity index (χ2n) is 11.5. The molecule has 0 bridgehead atoms. The Morgan fingerprint density at radius 1 is 0.355 bits per heavy atom. The maximum atomic E-state index is 2.48. The van der Waals surface area contributed by atoms with Gasteiger partial charge >= 0.3 is 0 Å². The van der Waals surface area contributed by atoms with Crippen molar-refractivity contribution in [3.05, 3.63) is 0 Å². The molecule has 0 heterocycles. The molecule has 186 valence electrons. The summed E-state index contributed by atoms with van der Waals surface area (Å²) in [5.74, 6) is 0. The molecule has 31 heavy (non-hydrogen) atoms. The summed E-state index contributed by atoms with van der Waals surface area (Å²) in [6.07, 6.45) is 41.7. The van der Waals surface area contributed by atoms with E-state index in [9.17, 15) is 0 Å². The molecule has 0 amide bonds. The minimum Gasteiger partial charge on any atom is -0.0654 e. The van der Waals surface area contributed by atoms with Crippen LogP contribution in [0.4, 0.5) is 0 Å². The molecule has 0 heteroatoms. The van der Waals surface area contributed by atoms with Gasteiger partial charge in [0.25, 0.3) is 0 Å². The van der Waals surface area contributed by atoms with Gasteiger partial charge in [0.1, 0.15) is 0 Å². The zero-order valence-corrected chi connectivity index (χ0v) is 22.3. The third-order valence-corrected chi connectivity index (χ3v) is 7.99. The van der Waals surface area contributed by atoms with E-state index >= 15 is 0 Å². The number of hydrogen-bond acceptors (Lipinski definition) is 0. The Morgan fingerprint density at radius 2 is 0.581 bits per heavy atom. The first-order valence-corrected chi connectivity index (χ1v) is 15.3. The van der Waals surface area contributed by atoms with E-state index in [4.69, 9.17) is 0 Å². The Bertz CT molecular complexity index is 340. The van der Waals surface area contributed by atoms with Crippen LogP contribution in [0.1, 0.15) is 194 Å². The van der Waals surface area contributed by atoms with Crippen LogP contribution >= 0.6 is 0 Å². The van der Waals surface area contributed by atoms with Crippen LogP contribution < -0.4 is 0 Å². The van der Waals surface area contributed by atoms with Crippen molar-refractivity contribution >= 4 is 0 Å². The number of hydrogen-bond donors (Lipinski definition) is 0. The van der Waals surface area contributed by atoms with Gasteiger partial charge in [-0.2, -0.15) is 0 Å². The third kappa shape index (κ3) is 21.6. The van der Waals surface area contributed by atoms with Crippen LogP contribution in [0.2, 0.25) is 0 Å². The van der Waals surface area contributed by atoms with Crippen LogP contribution in [0.5, 0.6) is 0 Å². The van der Waals surface area contributed by atoms with E-state index < -0.39 is 0 Å². The largest absolute Gasteiger partial charge is 0.0654 e. The Labute approximate surface area is 199 Å². The van der Waals surface area contributed by atoms with E-state index in [2.05, 4.69) is 13.8 Å². The van der Waals surface area contributed by atoms with Crippen LogP contribution in [0, 0.1) is 5.41 Å². The molecule has 1 aliphatic rings. The van der Waals surface area contributed by atoms with Crippen molar-refractivity contribution in [2.45, 2.75) is 194 Å². The van der Waals surface area contributed by atoms with Crippen molar-refractivity contribution in [1.82, 2.24) is 0 Å². The van der Waals surface area contributed by atoms with Gasteiger partial charge in [-0.1, -0.05) is 174 Å². The molecule has 1 fully saturated rings. The Morgan fingerprint density at radius 3 is 0.806 bits per heavy atom. The van der Waals surface area contributed by atoms with Crippen molar-refractivity contribution in [2.24, 2.45) is 5.41 Å². The molecule has 1 saturated carbocycles. The first-order valence-electron chi connectivity index (χ1n) is 15.3. The predicted molar refractivity (Wildman–Crippen MR) is 143 cm³/mol. The second-order valence-corrected chi connectivity index (χ2v) is 11.5. The second kappa shape index (κ2) is 21.8. The molecule has 0 aliphatic heterocycles. The van der Waals surface area contributed by atoms with Gasteiger partial charge in [-0.25, -0.2) is 0 Å². The van der Waals surface area contributed by atoms with Crippen molar-refractivity contribution in [1.29, 1.82) is 0 Å². The number of unbranched alkanes of at least 4 members (excludes halogenated alkanes) is 24. The van der Waals surface area contributed by atoms with Crippen LogP contribution in [0.15, 0.2) is 0 Å². The van der Waals surface area contributed by atoms with Gasteiger partial charge in [0.15, 0.2) is 0 Å². The lowest BCUT2D eigenvalue weighted by molar-refractivity contribution is 0.465. The normalized spacial score (nSPS) is 14.9. The smallest absolute Gasteiger partial charge is 0.0325 e. The van der Waals surface area contributed by atoms with Crippen molar-refractivity contribution < 1.29 is 0 Å². The fourth-order valence-corrected chi connectivity index (χ4v) is 5.15. The molecule has 0 atom stereocenters. The summed E-state index contributed by atoms with van der Waals surface area (Å²) < 4.78 is 0. The maximum Gasteiger partial charge on any atom is -0.0325 e. The average Bonchev–Trinajstić information content (AvgIpc) is 3.51. The van der Waals surface area contributed by atoms with E-state index in [1.54, 1.807) is 0 Å². The van der Waals surface area contributed by atoms with Gasteiger partial charge in [-0.15, -0.1) is 0 Å². The van der Waals surface area contributed by atoms with E-state index in [0.717, 1.165) is 5.41 Å². The van der Waals surface area contributed by atoms with Crippen molar-refractivity contribution in [2.75, 3.05) is 0 Å². The lowest BCUT2D eigenvalue weighted by atomic mass is 9.99. The lowest BCUT2D eigenvalue weighted by Gasteiger charge is -2.07. The molecule has 0 unspecified atom stereocenters. The number of rotatable bonds is 26. The summed E-state index contributed by atoms with van der Waals surface area (Å²) in [5.41, 5.74) is 0.784. The molecule has 0 N–H and O–H groups in total. The highest BCUT2D eigenvalue weighted by Gasteiger charge is 2.35. The van der Waals surface area contributed by atoms with E-state index in [-0.39, 0.29) is 0 Å². The minimum absolute atomic E-state index is 0.784. The fourth-order valence-electron chi connectivity index (χ4n) is 5.15. The van der Waals surface area contributed by atoms with Crippen LogP contribution in [0.3, 0.4) is 0 Å². The summed E-state index contributed by atoms with van der Waals surface area (Å²) in [7, 11) is 0. The van der Waals surface area contributed by atoms with Crippen molar-refractivity contribution in [3.63, 3.8) is 0 Å². The molecule has 0 aromatic carbocycles. The molecular weight excluding hydrogens is 372 g/mol. The van der Waals surface area contributed by atoms with Gasteiger partial charge in [0.05, 0.1) is 0 Å². The fraction of sp³-hybridized carbons (Fsp3) is 1.00. The average molecular weight is 435 g/mol. The molecule has 0 saturated heterocycles. The van der Waals surface area contributed by atoms with Gasteiger partial charge in [0.2, 0.25) is 0 Å². The zero-order valence-electron chi connectivity index (χ0n) is 22.3. The first kappa shape index (κ1) is 29.0. The SMILES string of the molecule is CCCCCCCCCCCCCCCCCCCCCCCCCCCC1(C)CC1. The Balaban J connectivity index is 1.60. The monoisotopic (exact) mass is 434 g/mol. The van der Waals surface area contributed by atoms with Gasteiger partial charge in [-0.05, 0) is 24.7 Å². The highest BCUT2D eigenvalue weighted by Crippen LogP contribution is 2.49. The minimum atomic E-state index is 0.784. The molecule has 1 rings (SSSR count). The van der Waals surface area contributed by atoms with Gasteiger partial charge in [0, 0.05) is 0 Å². The highest BCUT2D eigenvalue weighted by atomic mass is 14.4. The standard InChI is InChI=1S/C31H62/c1-3-4-5-6-7-8-9-10-11-12-13-14-15-16-17-18-19-20-21-22-23-24-25-26-27-28-31(2)29-30-31/h3-30H2,1-2H3. The van der Waals surface area contributed by atoms with Gasteiger partial charge in [-0.3, -0.25) is 0 Å². The predicted octanol–water partition coefficient (Wildman–Crippen LogP) is 11.9. The molecular formula is C31H62. The maximum absolute atomic E-state index is 2.48. The molecule has 0 aromatic rings. The first-order chi connectivity index (χ1) is 15.3. The summed E-state index contributed by atoms with van der Waals surface area (Å²) in [6, 6.07) is 0. The topological polar surface area (TPSA) is 0 Å². The van der Waals surface area contributed by atoms with E-state index in [1.807, 2.05) is 0 Å². The quantitative estimate of drug-likeness (QED) is 0.119. The molecule has 0 aromatic heterocycles. The molecule has 0 spiro atoms. The van der Waals surface area contributed by atoms with Gasteiger partial charge < -0.3 is 0 Å². The van der Waals surface area contributed by atoms with Crippen LogP contribution in [-0.2, 0) is 0 Å². The Kier molecular flexibility index (Phi) is 20.4. The molecule has 0 radical (unpaired) electrons. The lowest BCUT2D eigenvalue weighted by Crippen LogP contribution is -1.92. The highest BCUT2D eigenvalue weighted by molar-refractivity contribution is 4.87. The third-order valence-electron chi connectivity index (χ3n) is 7.99. The summed E-state index contributed by atoms with van der Waals surface area (Å²) in [5, 5.41) is 0. The Hall–Kier alpha value is 0. The van der Waals surface area contributed by atoms with Crippen LogP contribution in [0.25, 0.3) is 0 Å². The summed E-state index contributed by atoms with van der Waals surface area (Å²) >= 11 is 0. The summed E-state index contributed by atoms with van der Waals surface area (Å²) in [6.45, 7) is 4.78. The zero-order chi connectivity index (χ0) is 22.3.